The molecule has 0 N–H and O–H groups in total. The third-order valence-corrected chi connectivity index (χ3v) is 2.58. The summed E-state index contributed by atoms with van der Waals surface area (Å²) < 4.78 is 15.4. The van der Waals surface area contributed by atoms with Gasteiger partial charge in [-0.25, -0.2) is 4.79 Å². The molecular weight excluding hydrogens is 244 g/mol. The fraction of sp³-hybridized carbons (Fsp3) is 0.133. The summed E-state index contributed by atoms with van der Waals surface area (Å²) in [7, 11) is 3.13. The van der Waals surface area contributed by atoms with Crippen LogP contribution in [0.15, 0.2) is 48.5 Å². The third kappa shape index (κ3) is 3.25. The van der Waals surface area contributed by atoms with Crippen LogP contribution in [-0.4, -0.2) is 20.2 Å². The van der Waals surface area contributed by atoms with Gasteiger partial charge in [-0.3, -0.25) is 0 Å². The highest BCUT2D eigenvalue weighted by atomic mass is 16.5. The average Bonchev–Trinajstić information content (AvgIpc) is 2.47. The normalized spacial score (nSPS) is 9.79. The lowest BCUT2D eigenvalue weighted by molar-refractivity contribution is 0.0734. The maximum Gasteiger partial charge on any atom is 0.343 e. The zero-order valence-electron chi connectivity index (χ0n) is 10.8. The Labute approximate surface area is 111 Å². The summed E-state index contributed by atoms with van der Waals surface area (Å²) in [6.07, 6.45) is 0. The zero-order valence-corrected chi connectivity index (χ0v) is 10.8. The van der Waals surface area contributed by atoms with Crippen molar-refractivity contribution in [3.05, 3.63) is 54.1 Å². The van der Waals surface area contributed by atoms with Crippen molar-refractivity contribution in [2.24, 2.45) is 0 Å². The summed E-state index contributed by atoms with van der Waals surface area (Å²) in [6.45, 7) is 0. The molecule has 0 saturated heterocycles. The predicted octanol–water partition coefficient (Wildman–Crippen LogP) is 2.92. The van der Waals surface area contributed by atoms with Crippen molar-refractivity contribution in [1.82, 2.24) is 0 Å². The molecule has 0 saturated carbocycles. The topological polar surface area (TPSA) is 44.8 Å². The van der Waals surface area contributed by atoms with Gasteiger partial charge in [0.05, 0.1) is 19.8 Å². The first-order valence-electron chi connectivity index (χ1n) is 5.73. The molecule has 0 aliphatic heterocycles. The summed E-state index contributed by atoms with van der Waals surface area (Å²) in [5.74, 6) is 1.36. The molecule has 2 rings (SSSR count). The number of carbonyl (C=O) groups excluding carboxylic acids is 1. The minimum absolute atomic E-state index is 0.420. The van der Waals surface area contributed by atoms with E-state index in [0.717, 1.165) is 0 Å². The van der Waals surface area contributed by atoms with Crippen LogP contribution in [0.2, 0.25) is 0 Å². The van der Waals surface area contributed by atoms with E-state index in [1.54, 1.807) is 62.8 Å². The van der Waals surface area contributed by atoms with Gasteiger partial charge in [0.2, 0.25) is 0 Å². The second-order valence-corrected chi connectivity index (χ2v) is 3.80. The van der Waals surface area contributed by atoms with E-state index >= 15 is 0 Å². The van der Waals surface area contributed by atoms with Crippen LogP contribution in [-0.2, 0) is 0 Å². The average molecular weight is 258 g/mol. The number of methoxy groups -OCH3 is 2. The molecule has 0 spiro atoms. The van der Waals surface area contributed by atoms with Gasteiger partial charge in [-0.15, -0.1) is 0 Å². The Morgan fingerprint density at radius 2 is 1.47 bits per heavy atom. The summed E-state index contributed by atoms with van der Waals surface area (Å²) in [4.78, 5) is 11.9. The van der Waals surface area contributed by atoms with Crippen molar-refractivity contribution in [2.75, 3.05) is 14.2 Å². The number of benzene rings is 2. The Hall–Kier alpha value is -2.49. The van der Waals surface area contributed by atoms with Crippen molar-refractivity contribution in [3.63, 3.8) is 0 Å². The summed E-state index contributed by atoms with van der Waals surface area (Å²) in [5.41, 5.74) is 0.462. The molecule has 0 radical (unpaired) electrons. The highest BCUT2D eigenvalue weighted by Gasteiger charge is 2.09. The largest absolute Gasteiger partial charge is 0.497 e. The summed E-state index contributed by atoms with van der Waals surface area (Å²) in [6, 6.07) is 13.6. The number of hydrogen-bond donors (Lipinski definition) is 0. The number of carbonyl (C=O) groups is 1. The summed E-state index contributed by atoms with van der Waals surface area (Å²) in [5, 5.41) is 0. The van der Waals surface area contributed by atoms with E-state index in [1.165, 1.54) is 0 Å². The quantitative estimate of drug-likeness (QED) is 0.624. The maximum absolute atomic E-state index is 11.9. The Morgan fingerprint density at radius 3 is 2.11 bits per heavy atom. The lowest BCUT2D eigenvalue weighted by Crippen LogP contribution is -2.08. The van der Waals surface area contributed by atoms with Crippen LogP contribution < -0.4 is 14.2 Å². The van der Waals surface area contributed by atoms with Crippen LogP contribution >= 0.6 is 0 Å². The molecule has 0 atom stereocenters. The second-order valence-electron chi connectivity index (χ2n) is 3.80. The number of ether oxygens (including phenoxy) is 3. The first kappa shape index (κ1) is 13.0. The van der Waals surface area contributed by atoms with E-state index < -0.39 is 5.97 Å². The third-order valence-electron chi connectivity index (χ3n) is 2.58. The lowest BCUT2D eigenvalue weighted by atomic mass is 10.2. The van der Waals surface area contributed by atoms with Crippen molar-refractivity contribution < 1.29 is 19.0 Å². The first-order chi connectivity index (χ1) is 9.22. The van der Waals surface area contributed by atoms with Crippen LogP contribution in [0.4, 0.5) is 0 Å². The molecule has 0 bridgehead atoms. The second kappa shape index (κ2) is 5.91. The summed E-state index contributed by atoms with van der Waals surface area (Å²) >= 11 is 0. The Morgan fingerprint density at radius 1 is 0.842 bits per heavy atom. The SMILES string of the molecule is COc1ccc(C(=O)Oc2cccc(OC)c2)cc1. The molecule has 2 aromatic carbocycles. The van der Waals surface area contributed by atoms with E-state index in [0.29, 0.717) is 22.8 Å². The van der Waals surface area contributed by atoms with Crippen LogP contribution in [0, 0.1) is 0 Å². The number of hydrogen-bond acceptors (Lipinski definition) is 4. The van der Waals surface area contributed by atoms with Gasteiger partial charge in [-0.05, 0) is 36.4 Å². The molecule has 0 aliphatic rings. The van der Waals surface area contributed by atoms with Crippen molar-refractivity contribution in [1.29, 1.82) is 0 Å². The van der Waals surface area contributed by atoms with Gasteiger partial charge in [-0.1, -0.05) is 6.07 Å². The van der Waals surface area contributed by atoms with E-state index in [2.05, 4.69) is 0 Å². The predicted molar refractivity (Wildman–Crippen MR) is 70.9 cm³/mol. The van der Waals surface area contributed by atoms with Gasteiger partial charge >= 0.3 is 5.97 Å². The molecule has 19 heavy (non-hydrogen) atoms. The van der Waals surface area contributed by atoms with Gasteiger partial charge in [0.15, 0.2) is 0 Å². The van der Waals surface area contributed by atoms with Crippen molar-refractivity contribution in [2.45, 2.75) is 0 Å². The van der Waals surface area contributed by atoms with Crippen molar-refractivity contribution in [3.8, 4) is 17.2 Å². The zero-order chi connectivity index (χ0) is 13.7. The molecule has 0 fully saturated rings. The van der Waals surface area contributed by atoms with E-state index in [4.69, 9.17) is 14.2 Å². The van der Waals surface area contributed by atoms with Crippen molar-refractivity contribution >= 4 is 5.97 Å². The van der Waals surface area contributed by atoms with Gasteiger partial charge < -0.3 is 14.2 Å². The molecule has 0 heterocycles. The first-order valence-corrected chi connectivity index (χ1v) is 5.73. The maximum atomic E-state index is 11.9. The highest BCUT2D eigenvalue weighted by molar-refractivity contribution is 5.91. The number of esters is 1. The standard InChI is InChI=1S/C15H14O4/c1-17-12-8-6-11(7-9-12)15(16)19-14-5-3-4-13(10-14)18-2/h3-10H,1-2H3. The Bertz CT molecular complexity index is 561. The van der Waals surface area contributed by atoms with E-state index in [1.807, 2.05) is 0 Å². The van der Waals surface area contributed by atoms with Crippen LogP contribution in [0.3, 0.4) is 0 Å². The van der Waals surface area contributed by atoms with Crippen LogP contribution in [0.5, 0.6) is 17.2 Å². The molecule has 4 heteroatoms. The molecule has 0 aromatic heterocycles. The Kier molecular flexibility index (Phi) is 4.03. The highest BCUT2D eigenvalue weighted by Crippen LogP contribution is 2.20. The minimum atomic E-state index is -0.420. The monoisotopic (exact) mass is 258 g/mol. The molecule has 4 nitrogen and oxygen atoms in total. The molecule has 98 valence electrons. The lowest BCUT2D eigenvalue weighted by Gasteiger charge is -2.06. The molecule has 2 aromatic rings. The smallest absolute Gasteiger partial charge is 0.343 e. The van der Waals surface area contributed by atoms with Gasteiger partial charge in [0.1, 0.15) is 17.2 Å². The molecule has 0 unspecified atom stereocenters. The molecule has 0 aliphatic carbocycles. The fourth-order valence-electron chi connectivity index (χ4n) is 1.56. The van der Waals surface area contributed by atoms with Gasteiger partial charge in [-0.2, -0.15) is 0 Å². The minimum Gasteiger partial charge on any atom is -0.497 e. The Balaban J connectivity index is 2.11. The van der Waals surface area contributed by atoms with E-state index in [9.17, 15) is 4.79 Å². The molecule has 0 amide bonds. The number of rotatable bonds is 4. The fourth-order valence-corrected chi connectivity index (χ4v) is 1.56. The molecular formula is C15H14O4. The van der Waals surface area contributed by atoms with Crippen LogP contribution in [0.25, 0.3) is 0 Å². The van der Waals surface area contributed by atoms with Crippen LogP contribution in [0.1, 0.15) is 10.4 Å². The van der Waals surface area contributed by atoms with Gasteiger partial charge in [0, 0.05) is 6.07 Å². The van der Waals surface area contributed by atoms with Gasteiger partial charge in [0.25, 0.3) is 0 Å². The van der Waals surface area contributed by atoms with E-state index in [-0.39, 0.29) is 0 Å².